The van der Waals surface area contributed by atoms with Crippen molar-refractivity contribution in [3.05, 3.63) is 44.5 Å². The monoisotopic (exact) mass is 405 g/mol. The Kier molecular flexibility index (Phi) is 6.70. The van der Waals surface area contributed by atoms with Crippen LogP contribution in [-0.2, 0) is 7.05 Å². The number of H-pyrrole nitrogens is 1. The molecule has 0 radical (unpaired) electrons. The number of aromatic nitrogens is 2. The van der Waals surface area contributed by atoms with E-state index in [0.717, 1.165) is 4.68 Å². The van der Waals surface area contributed by atoms with Crippen LogP contribution in [0.5, 0.6) is 5.75 Å². The number of carbonyl (C=O) groups is 1. The lowest BCUT2D eigenvalue weighted by Gasteiger charge is -2.23. The highest BCUT2D eigenvalue weighted by atomic mass is 16.3. The normalized spacial score (nSPS) is 12.0. The number of anilines is 3. The Morgan fingerprint density at radius 2 is 1.90 bits per heavy atom. The van der Waals surface area contributed by atoms with Gasteiger partial charge in [-0.25, -0.2) is 0 Å². The summed E-state index contributed by atoms with van der Waals surface area (Å²) in [6.45, 7) is 3.47. The van der Waals surface area contributed by atoms with Crippen LogP contribution in [0, 0.1) is 5.92 Å². The maximum Gasteiger partial charge on any atom is 0.290 e. The summed E-state index contributed by atoms with van der Waals surface area (Å²) >= 11 is 0. The number of rotatable bonds is 7. The Labute approximate surface area is 167 Å². The van der Waals surface area contributed by atoms with Crippen molar-refractivity contribution < 1.29 is 15.0 Å². The number of aliphatic hydroxyl groups excluding tert-OH is 1. The second-order valence-corrected chi connectivity index (χ2v) is 7.26. The third-order valence-electron chi connectivity index (χ3n) is 4.53. The average Bonchev–Trinajstić information content (AvgIpc) is 2.66. The van der Waals surface area contributed by atoms with Gasteiger partial charge in [-0.2, -0.15) is 0 Å². The molecule has 1 heterocycles. The molecule has 10 heteroatoms. The first-order valence-electron chi connectivity index (χ1n) is 9.09. The summed E-state index contributed by atoms with van der Waals surface area (Å²) in [5.41, 5.74) is -1.17. The largest absolute Gasteiger partial charge is 0.505 e. The first kappa shape index (κ1) is 22.0. The number of carbonyl (C=O) groups excluding carboxylic acids is 1. The Hall–Kier alpha value is -3.27. The van der Waals surface area contributed by atoms with E-state index < -0.39 is 23.1 Å². The van der Waals surface area contributed by atoms with Gasteiger partial charge in [0.2, 0.25) is 0 Å². The van der Waals surface area contributed by atoms with Crippen molar-refractivity contribution in [2.24, 2.45) is 13.0 Å². The van der Waals surface area contributed by atoms with Crippen molar-refractivity contribution in [3.8, 4) is 5.75 Å². The molecule has 5 N–H and O–H groups in total. The molecular weight excluding hydrogens is 378 g/mol. The number of phenolic OH excluding ortho intramolecular Hbond substituents is 1. The Bertz CT molecular complexity index is 1010. The lowest BCUT2D eigenvalue weighted by Crippen LogP contribution is -2.37. The molecular formula is C19H27N5O5. The zero-order chi connectivity index (χ0) is 21.9. The fourth-order valence-corrected chi connectivity index (χ4v) is 2.70. The summed E-state index contributed by atoms with van der Waals surface area (Å²) in [5, 5.41) is 28.2. The summed E-state index contributed by atoms with van der Waals surface area (Å²) in [4.78, 5) is 38.8. The number of phenols is 1. The molecule has 0 saturated heterocycles. The van der Waals surface area contributed by atoms with Gasteiger partial charge in [-0.1, -0.05) is 19.9 Å². The Balaban J connectivity index is 2.59. The first-order chi connectivity index (χ1) is 13.6. The second kappa shape index (κ2) is 8.82. The van der Waals surface area contributed by atoms with E-state index in [2.05, 4.69) is 15.7 Å². The fourth-order valence-electron chi connectivity index (χ4n) is 2.70. The van der Waals surface area contributed by atoms with E-state index in [1.807, 2.05) is 13.8 Å². The highest BCUT2D eigenvalue weighted by molar-refractivity contribution is 5.98. The molecule has 29 heavy (non-hydrogen) atoms. The molecule has 2 aromatic rings. The fraction of sp³-hybridized carbons (Fsp3) is 0.421. The third-order valence-corrected chi connectivity index (χ3v) is 4.53. The number of aryl methyl sites for hydroxylation is 1. The number of hydrogen-bond acceptors (Lipinski definition) is 7. The SMILES string of the molecule is CC(C)C(CO)Nc1c(Nc2cccc(C(=O)N(C)C)c2O)c(=O)n(C)[nH]c1=O. The van der Waals surface area contributed by atoms with Gasteiger partial charge in [0.1, 0.15) is 11.4 Å². The maximum atomic E-state index is 12.7. The van der Waals surface area contributed by atoms with Gasteiger partial charge in [0.05, 0.1) is 23.9 Å². The van der Waals surface area contributed by atoms with Gasteiger partial charge < -0.3 is 25.7 Å². The highest BCUT2D eigenvalue weighted by Crippen LogP contribution is 2.31. The van der Waals surface area contributed by atoms with Gasteiger partial charge in [-0.3, -0.25) is 24.2 Å². The quantitative estimate of drug-likeness (QED) is 0.426. The summed E-state index contributed by atoms with van der Waals surface area (Å²) < 4.78 is 1.01. The predicted molar refractivity (Wildman–Crippen MR) is 111 cm³/mol. The molecule has 2 rings (SSSR count). The molecule has 0 aliphatic rings. The molecule has 1 aromatic carbocycles. The molecule has 1 atom stereocenters. The van der Waals surface area contributed by atoms with Crippen LogP contribution in [0.25, 0.3) is 0 Å². The molecule has 10 nitrogen and oxygen atoms in total. The van der Waals surface area contributed by atoms with Crippen molar-refractivity contribution in [2.75, 3.05) is 31.3 Å². The van der Waals surface area contributed by atoms with Crippen molar-refractivity contribution in [2.45, 2.75) is 19.9 Å². The Morgan fingerprint density at radius 3 is 2.45 bits per heavy atom. The van der Waals surface area contributed by atoms with Crippen molar-refractivity contribution in [3.63, 3.8) is 0 Å². The first-order valence-corrected chi connectivity index (χ1v) is 9.09. The van der Waals surface area contributed by atoms with Gasteiger partial charge in [0, 0.05) is 21.1 Å². The second-order valence-electron chi connectivity index (χ2n) is 7.26. The molecule has 1 aromatic heterocycles. The van der Waals surface area contributed by atoms with Crippen LogP contribution < -0.4 is 21.8 Å². The van der Waals surface area contributed by atoms with Gasteiger partial charge >= 0.3 is 0 Å². The van der Waals surface area contributed by atoms with Gasteiger partial charge in [-0.15, -0.1) is 0 Å². The topological polar surface area (TPSA) is 140 Å². The molecule has 0 aliphatic heterocycles. The summed E-state index contributed by atoms with van der Waals surface area (Å²) in [5.74, 6) is -0.781. The minimum absolute atomic E-state index is 0.0225. The third kappa shape index (κ3) is 4.60. The van der Waals surface area contributed by atoms with Crippen LogP contribution in [0.2, 0.25) is 0 Å². The van der Waals surface area contributed by atoms with Crippen LogP contribution in [0.1, 0.15) is 24.2 Å². The van der Waals surface area contributed by atoms with Gasteiger partial charge in [0.15, 0.2) is 5.75 Å². The number of aromatic hydroxyl groups is 1. The smallest absolute Gasteiger partial charge is 0.290 e. The molecule has 0 saturated carbocycles. The van der Waals surface area contributed by atoms with Gasteiger partial charge in [-0.05, 0) is 18.1 Å². The summed E-state index contributed by atoms with van der Waals surface area (Å²) in [6.07, 6.45) is 0. The number of aromatic amines is 1. The summed E-state index contributed by atoms with van der Waals surface area (Å²) in [6, 6.07) is 4.02. The lowest BCUT2D eigenvalue weighted by molar-refractivity contribution is 0.0824. The molecule has 0 fully saturated rings. The minimum atomic E-state index is -0.575. The van der Waals surface area contributed by atoms with E-state index in [1.54, 1.807) is 20.2 Å². The van der Waals surface area contributed by atoms with E-state index in [-0.39, 0.29) is 40.9 Å². The zero-order valence-electron chi connectivity index (χ0n) is 17.1. The van der Waals surface area contributed by atoms with E-state index in [4.69, 9.17) is 0 Å². The van der Waals surface area contributed by atoms with Crippen LogP contribution in [-0.4, -0.2) is 57.5 Å². The Morgan fingerprint density at radius 1 is 1.24 bits per heavy atom. The van der Waals surface area contributed by atoms with Crippen molar-refractivity contribution >= 4 is 23.0 Å². The van der Waals surface area contributed by atoms with Crippen LogP contribution >= 0.6 is 0 Å². The number of benzene rings is 1. The van der Waals surface area contributed by atoms with Crippen molar-refractivity contribution in [1.82, 2.24) is 14.7 Å². The van der Waals surface area contributed by atoms with Crippen molar-refractivity contribution in [1.29, 1.82) is 0 Å². The van der Waals surface area contributed by atoms with E-state index in [1.165, 1.54) is 24.1 Å². The standard InChI is InChI=1S/C19H27N5O5/c1-10(2)13(9-25)21-14-15(19(29)24(5)22-17(14)27)20-12-8-6-7-11(16(12)26)18(28)23(3)4/h6-8,10,13,20-21,25-26H,9H2,1-5H3,(H,22,27). The summed E-state index contributed by atoms with van der Waals surface area (Å²) in [7, 11) is 4.49. The molecule has 1 amide bonds. The molecule has 1 unspecified atom stereocenters. The minimum Gasteiger partial charge on any atom is -0.505 e. The number of nitrogens with one attached hydrogen (secondary N) is 3. The van der Waals surface area contributed by atoms with Crippen LogP contribution in [0.4, 0.5) is 17.1 Å². The van der Waals surface area contributed by atoms with Crippen LogP contribution in [0.15, 0.2) is 27.8 Å². The molecule has 0 bridgehead atoms. The molecule has 0 aliphatic carbocycles. The van der Waals surface area contributed by atoms with E-state index in [0.29, 0.717) is 0 Å². The average molecular weight is 405 g/mol. The maximum absolute atomic E-state index is 12.7. The number of aliphatic hydroxyl groups is 1. The molecule has 158 valence electrons. The van der Waals surface area contributed by atoms with E-state index in [9.17, 15) is 24.6 Å². The van der Waals surface area contributed by atoms with Crippen LogP contribution in [0.3, 0.4) is 0 Å². The van der Waals surface area contributed by atoms with Gasteiger partial charge in [0.25, 0.3) is 17.0 Å². The highest BCUT2D eigenvalue weighted by Gasteiger charge is 2.22. The predicted octanol–water partition coefficient (Wildman–Crippen LogP) is 0.653. The zero-order valence-corrected chi connectivity index (χ0v) is 17.1. The number of para-hydroxylation sites is 1. The van der Waals surface area contributed by atoms with E-state index >= 15 is 0 Å². The number of nitrogens with zero attached hydrogens (tertiary/aromatic N) is 2. The molecule has 0 spiro atoms. The lowest BCUT2D eigenvalue weighted by atomic mass is 10.1. The number of amides is 1. The number of hydrogen-bond donors (Lipinski definition) is 5.